The van der Waals surface area contributed by atoms with Crippen molar-refractivity contribution in [3.05, 3.63) is 23.5 Å². The molecule has 0 bridgehead atoms. The Morgan fingerprint density at radius 2 is 2.26 bits per heavy atom. The Bertz CT molecular complexity index is 572. The predicted octanol–water partition coefficient (Wildman–Crippen LogP) is 3.52. The summed E-state index contributed by atoms with van der Waals surface area (Å²) >= 11 is 5.88. The molecule has 0 unspecified atom stereocenters. The first-order valence-electron chi connectivity index (χ1n) is 7.60. The first-order valence-corrected chi connectivity index (χ1v) is 7.98. The maximum absolute atomic E-state index is 12.5. The van der Waals surface area contributed by atoms with Crippen LogP contribution in [0.5, 0.6) is 0 Å². The standard InChI is InChI=1S/C16H24ClN3O3/c1-15(2,3)23-14(21)20-12(10-22-16(20,4)5)9-19-11-6-7-18-13(17)8-11/h6-8,12H,9-10H2,1-5H3,(H,18,19)/t12-/m0/s1. The molecule has 1 aliphatic rings. The molecular formula is C16H24ClN3O3. The number of ether oxygens (including phenoxy) is 2. The summed E-state index contributed by atoms with van der Waals surface area (Å²) in [7, 11) is 0. The lowest BCUT2D eigenvalue weighted by Crippen LogP contribution is -2.51. The molecule has 23 heavy (non-hydrogen) atoms. The minimum atomic E-state index is -0.704. The summed E-state index contributed by atoms with van der Waals surface area (Å²) < 4.78 is 11.3. The van der Waals surface area contributed by atoms with Gasteiger partial charge in [-0.1, -0.05) is 11.6 Å². The number of carbonyl (C=O) groups is 1. The van der Waals surface area contributed by atoms with Crippen molar-refractivity contribution in [1.29, 1.82) is 0 Å². The third-order valence-corrected chi connectivity index (χ3v) is 3.64. The highest BCUT2D eigenvalue weighted by molar-refractivity contribution is 6.29. The maximum Gasteiger partial charge on any atom is 0.412 e. The highest BCUT2D eigenvalue weighted by atomic mass is 35.5. The number of anilines is 1. The SMILES string of the molecule is CC(C)(C)OC(=O)N1[C@@H](CNc2ccnc(Cl)c2)COC1(C)C. The van der Waals surface area contributed by atoms with Crippen LogP contribution < -0.4 is 5.32 Å². The maximum atomic E-state index is 12.5. The van der Waals surface area contributed by atoms with Gasteiger partial charge >= 0.3 is 6.09 Å². The number of hydrogen-bond acceptors (Lipinski definition) is 5. The number of nitrogens with one attached hydrogen (secondary N) is 1. The van der Waals surface area contributed by atoms with E-state index in [0.717, 1.165) is 5.69 Å². The zero-order valence-electron chi connectivity index (χ0n) is 14.2. The first-order chi connectivity index (χ1) is 10.6. The van der Waals surface area contributed by atoms with Gasteiger partial charge in [0.2, 0.25) is 0 Å². The van der Waals surface area contributed by atoms with Gasteiger partial charge in [0.1, 0.15) is 16.5 Å². The van der Waals surface area contributed by atoms with Gasteiger partial charge in [-0.05, 0) is 46.8 Å². The van der Waals surface area contributed by atoms with Crippen LogP contribution in [-0.2, 0) is 9.47 Å². The third kappa shape index (κ3) is 4.72. The molecule has 7 heteroatoms. The zero-order chi connectivity index (χ0) is 17.3. The third-order valence-electron chi connectivity index (χ3n) is 3.43. The average Bonchev–Trinajstić information content (AvgIpc) is 2.69. The van der Waals surface area contributed by atoms with Gasteiger partial charge in [-0.3, -0.25) is 4.90 Å². The molecule has 2 rings (SSSR count). The summed E-state index contributed by atoms with van der Waals surface area (Å²) in [6, 6.07) is 3.43. The topological polar surface area (TPSA) is 63.7 Å². The van der Waals surface area contributed by atoms with E-state index in [2.05, 4.69) is 10.3 Å². The Morgan fingerprint density at radius 3 is 2.87 bits per heavy atom. The number of rotatable bonds is 3. The van der Waals surface area contributed by atoms with E-state index in [-0.39, 0.29) is 12.1 Å². The molecule has 1 atom stereocenters. The van der Waals surface area contributed by atoms with Crippen LogP contribution in [0.1, 0.15) is 34.6 Å². The van der Waals surface area contributed by atoms with Crippen LogP contribution >= 0.6 is 11.6 Å². The van der Waals surface area contributed by atoms with Crippen molar-refractivity contribution in [1.82, 2.24) is 9.88 Å². The molecule has 0 spiro atoms. The number of amides is 1. The highest BCUT2D eigenvalue weighted by Crippen LogP contribution is 2.29. The van der Waals surface area contributed by atoms with Crippen molar-refractivity contribution < 1.29 is 14.3 Å². The molecule has 1 N–H and O–H groups in total. The van der Waals surface area contributed by atoms with E-state index < -0.39 is 11.3 Å². The van der Waals surface area contributed by atoms with Gasteiger partial charge in [0, 0.05) is 18.4 Å². The van der Waals surface area contributed by atoms with Crippen LogP contribution in [0.3, 0.4) is 0 Å². The second kappa shape index (κ2) is 6.53. The van der Waals surface area contributed by atoms with E-state index in [4.69, 9.17) is 21.1 Å². The van der Waals surface area contributed by atoms with Crippen LogP contribution in [-0.4, -0.2) is 46.5 Å². The summed E-state index contributed by atoms with van der Waals surface area (Å²) in [6.45, 7) is 10.2. The fraction of sp³-hybridized carbons (Fsp3) is 0.625. The molecule has 0 radical (unpaired) electrons. The Kier molecular flexibility index (Phi) is 5.06. The molecule has 1 aromatic heterocycles. The fourth-order valence-electron chi connectivity index (χ4n) is 2.46. The van der Waals surface area contributed by atoms with Crippen LogP contribution in [0.2, 0.25) is 5.15 Å². The zero-order valence-corrected chi connectivity index (χ0v) is 15.0. The summed E-state index contributed by atoms with van der Waals surface area (Å²) in [5, 5.41) is 3.68. The normalized spacial score (nSPS) is 20.4. The van der Waals surface area contributed by atoms with Crippen molar-refractivity contribution in [2.24, 2.45) is 0 Å². The summed E-state index contributed by atoms with van der Waals surface area (Å²) in [6.07, 6.45) is 1.25. The molecule has 128 valence electrons. The molecular weight excluding hydrogens is 318 g/mol. The lowest BCUT2D eigenvalue weighted by Gasteiger charge is -2.35. The van der Waals surface area contributed by atoms with Gasteiger partial charge in [0.05, 0.1) is 12.6 Å². The molecule has 2 heterocycles. The summed E-state index contributed by atoms with van der Waals surface area (Å²) in [5.41, 5.74) is -0.407. The Morgan fingerprint density at radius 1 is 1.57 bits per heavy atom. The quantitative estimate of drug-likeness (QED) is 0.852. The minimum Gasteiger partial charge on any atom is -0.444 e. The van der Waals surface area contributed by atoms with Crippen LogP contribution in [0.25, 0.3) is 0 Å². The number of hydrogen-bond donors (Lipinski definition) is 1. The smallest absolute Gasteiger partial charge is 0.412 e. The minimum absolute atomic E-state index is 0.133. The highest BCUT2D eigenvalue weighted by Gasteiger charge is 2.45. The number of nitrogens with zero attached hydrogens (tertiary/aromatic N) is 2. The van der Waals surface area contributed by atoms with E-state index in [1.54, 1.807) is 17.2 Å². The van der Waals surface area contributed by atoms with Gasteiger partial charge in [-0.2, -0.15) is 0 Å². The monoisotopic (exact) mass is 341 g/mol. The van der Waals surface area contributed by atoms with Gasteiger partial charge in [0.15, 0.2) is 0 Å². The lowest BCUT2D eigenvalue weighted by atomic mass is 10.2. The van der Waals surface area contributed by atoms with E-state index in [1.165, 1.54) is 0 Å². The molecule has 1 aliphatic heterocycles. The van der Waals surface area contributed by atoms with E-state index >= 15 is 0 Å². The van der Waals surface area contributed by atoms with Gasteiger partial charge < -0.3 is 14.8 Å². The van der Waals surface area contributed by atoms with Gasteiger partial charge in [0.25, 0.3) is 0 Å². The fourth-order valence-corrected chi connectivity index (χ4v) is 2.64. The van der Waals surface area contributed by atoms with E-state index in [9.17, 15) is 4.79 Å². The molecule has 1 amide bonds. The van der Waals surface area contributed by atoms with Crippen molar-refractivity contribution in [2.75, 3.05) is 18.5 Å². The van der Waals surface area contributed by atoms with Crippen molar-refractivity contribution >= 4 is 23.4 Å². The molecule has 1 saturated heterocycles. The van der Waals surface area contributed by atoms with E-state index in [1.807, 2.05) is 40.7 Å². The number of pyridine rings is 1. The Balaban J connectivity index is 2.06. The van der Waals surface area contributed by atoms with Crippen molar-refractivity contribution in [3.63, 3.8) is 0 Å². The Hall–Kier alpha value is -1.53. The number of carbonyl (C=O) groups excluding carboxylic acids is 1. The first kappa shape index (κ1) is 17.8. The average molecular weight is 342 g/mol. The lowest BCUT2D eigenvalue weighted by molar-refractivity contribution is -0.0620. The summed E-state index contributed by atoms with van der Waals surface area (Å²) in [5.74, 6) is 0. The van der Waals surface area contributed by atoms with Gasteiger partial charge in [-0.25, -0.2) is 9.78 Å². The Labute approximate surface area is 142 Å². The van der Waals surface area contributed by atoms with E-state index in [0.29, 0.717) is 18.3 Å². The number of aromatic nitrogens is 1. The molecule has 6 nitrogen and oxygen atoms in total. The second-order valence-electron chi connectivity index (χ2n) is 7.01. The summed E-state index contributed by atoms with van der Waals surface area (Å²) in [4.78, 5) is 18.1. The number of halogens is 1. The molecule has 0 saturated carbocycles. The van der Waals surface area contributed by atoms with Crippen molar-refractivity contribution in [2.45, 2.75) is 52.0 Å². The second-order valence-corrected chi connectivity index (χ2v) is 7.40. The molecule has 1 aromatic rings. The molecule has 0 aromatic carbocycles. The van der Waals surface area contributed by atoms with Crippen LogP contribution in [0.15, 0.2) is 18.3 Å². The molecule has 1 fully saturated rings. The largest absolute Gasteiger partial charge is 0.444 e. The predicted molar refractivity (Wildman–Crippen MR) is 89.6 cm³/mol. The van der Waals surface area contributed by atoms with Crippen LogP contribution in [0.4, 0.5) is 10.5 Å². The van der Waals surface area contributed by atoms with Crippen LogP contribution in [0, 0.1) is 0 Å². The van der Waals surface area contributed by atoms with Gasteiger partial charge in [-0.15, -0.1) is 0 Å². The molecule has 0 aliphatic carbocycles. The van der Waals surface area contributed by atoms with Crippen molar-refractivity contribution in [3.8, 4) is 0 Å².